The van der Waals surface area contributed by atoms with Crippen molar-refractivity contribution in [1.29, 1.82) is 0 Å². The number of hydrogen-bond acceptors (Lipinski definition) is 4. The standard InChI is InChI=1S/C17H24N2O4/c1-17(2,3)23-16(21)19-11-7-10-14(19)15(20)18-22-12-13-8-5-4-6-9-13/h4-6,8-9,14H,7,10-12H2,1-3H3,(H,18,20). The molecule has 1 aliphatic heterocycles. The van der Waals surface area contributed by atoms with Crippen LogP contribution in [0.2, 0.25) is 0 Å². The summed E-state index contributed by atoms with van der Waals surface area (Å²) >= 11 is 0. The summed E-state index contributed by atoms with van der Waals surface area (Å²) in [5.41, 5.74) is 2.81. The van der Waals surface area contributed by atoms with Gasteiger partial charge in [0.15, 0.2) is 0 Å². The van der Waals surface area contributed by atoms with Gasteiger partial charge < -0.3 is 4.74 Å². The molecule has 23 heavy (non-hydrogen) atoms. The topological polar surface area (TPSA) is 67.9 Å². The molecule has 1 N–H and O–H groups in total. The van der Waals surface area contributed by atoms with Gasteiger partial charge >= 0.3 is 6.09 Å². The second-order valence-electron chi connectivity index (χ2n) is 6.57. The van der Waals surface area contributed by atoms with Gasteiger partial charge in [0.25, 0.3) is 5.91 Å². The van der Waals surface area contributed by atoms with Gasteiger partial charge in [-0.3, -0.25) is 14.5 Å². The van der Waals surface area contributed by atoms with Crippen LogP contribution in [0.5, 0.6) is 0 Å². The van der Waals surface area contributed by atoms with E-state index in [2.05, 4.69) is 5.48 Å². The van der Waals surface area contributed by atoms with Crippen molar-refractivity contribution in [3.8, 4) is 0 Å². The van der Waals surface area contributed by atoms with Gasteiger partial charge in [0.05, 0.1) is 6.61 Å². The Morgan fingerprint density at radius 2 is 1.96 bits per heavy atom. The maximum Gasteiger partial charge on any atom is 0.410 e. The summed E-state index contributed by atoms with van der Waals surface area (Å²) in [6, 6.07) is 9.01. The van der Waals surface area contributed by atoms with Crippen LogP contribution in [0.25, 0.3) is 0 Å². The van der Waals surface area contributed by atoms with E-state index in [9.17, 15) is 9.59 Å². The maximum atomic E-state index is 12.2. The van der Waals surface area contributed by atoms with Gasteiger partial charge in [-0.25, -0.2) is 10.3 Å². The van der Waals surface area contributed by atoms with E-state index in [1.807, 2.05) is 30.3 Å². The van der Waals surface area contributed by atoms with Gasteiger partial charge in [-0.1, -0.05) is 30.3 Å². The van der Waals surface area contributed by atoms with E-state index in [1.165, 1.54) is 4.90 Å². The van der Waals surface area contributed by atoms with Crippen LogP contribution in [0.4, 0.5) is 4.79 Å². The Balaban J connectivity index is 1.84. The van der Waals surface area contributed by atoms with Crippen LogP contribution in [0.15, 0.2) is 30.3 Å². The Morgan fingerprint density at radius 1 is 1.26 bits per heavy atom. The van der Waals surface area contributed by atoms with Gasteiger partial charge in [-0.05, 0) is 39.2 Å². The van der Waals surface area contributed by atoms with Gasteiger partial charge in [0.1, 0.15) is 11.6 Å². The molecule has 1 aromatic rings. The van der Waals surface area contributed by atoms with Crippen molar-refractivity contribution >= 4 is 12.0 Å². The van der Waals surface area contributed by atoms with E-state index < -0.39 is 17.7 Å². The molecule has 1 saturated heterocycles. The van der Waals surface area contributed by atoms with Crippen LogP contribution < -0.4 is 5.48 Å². The monoisotopic (exact) mass is 320 g/mol. The molecule has 0 radical (unpaired) electrons. The van der Waals surface area contributed by atoms with Gasteiger partial charge in [-0.15, -0.1) is 0 Å². The molecule has 1 fully saturated rings. The van der Waals surface area contributed by atoms with Crippen molar-refractivity contribution < 1.29 is 19.2 Å². The molecular weight excluding hydrogens is 296 g/mol. The van der Waals surface area contributed by atoms with E-state index in [0.717, 1.165) is 12.0 Å². The Hall–Kier alpha value is -2.08. The molecular formula is C17H24N2O4. The highest BCUT2D eigenvalue weighted by Crippen LogP contribution is 2.21. The molecule has 0 bridgehead atoms. The van der Waals surface area contributed by atoms with Crippen LogP contribution in [0.3, 0.4) is 0 Å². The SMILES string of the molecule is CC(C)(C)OC(=O)N1CCCC1C(=O)NOCc1ccccc1. The molecule has 1 heterocycles. The summed E-state index contributed by atoms with van der Waals surface area (Å²) in [4.78, 5) is 31.1. The fourth-order valence-corrected chi connectivity index (χ4v) is 2.41. The molecule has 6 heteroatoms. The average Bonchev–Trinajstić information content (AvgIpc) is 2.96. The number of carbonyl (C=O) groups excluding carboxylic acids is 2. The molecule has 0 spiro atoms. The van der Waals surface area contributed by atoms with E-state index in [4.69, 9.17) is 9.57 Å². The van der Waals surface area contributed by atoms with Crippen LogP contribution in [0, 0.1) is 0 Å². The van der Waals surface area contributed by atoms with E-state index >= 15 is 0 Å². The molecule has 1 aliphatic rings. The van der Waals surface area contributed by atoms with E-state index in [0.29, 0.717) is 13.0 Å². The number of amides is 2. The highest BCUT2D eigenvalue weighted by atomic mass is 16.7. The van der Waals surface area contributed by atoms with Crippen molar-refractivity contribution in [3.63, 3.8) is 0 Å². The zero-order valence-electron chi connectivity index (χ0n) is 13.9. The molecule has 2 rings (SSSR count). The summed E-state index contributed by atoms with van der Waals surface area (Å²) in [6.45, 7) is 6.22. The van der Waals surface area contributed by atoms with Crippen molar-refractivity contribution in [2.75, 3.05) is 6.54 Å². The summed E-state index contributed by atoms with van der Waals surface area (Å²) < 4.78 is 5.34. The van der Waals surface area contributed by atoms with Crippen LogP contribution in [0.1, 0.15) is 39.2 Å². The normalized spacial score (nSPS) is 17.9. The molecule has 0 aliphatic carbocycles. The first-order chi connectivity index (χ1) is 10.9. The average molecular weight is 320 g/mol. The predicted octanol–water partition coefficient (Wildman–Crippen LogP) is 2.63. The number of hydroxylamine groups is 1. The Labute approximate surface area is 136 Å². The minimum Gasteiger partial charge on any atom is -0.444 e. The second kappa shape index (κ2) is 7.46. The molecule has 6 nitrogen and oxygen atoms in total. The number of benzene rings is 1. The van der Waals surface area contributed by atoms with Crippen molar-refractivity contribution in [2.24, 2.45) is 0 Å². The van der Waals surface area contributed by atoms with Crippen LogP contribution in [-0.2, 0) is 21.0 Å². The van der Waals surface area contributed by atoms with Crippen LogP contribution in [-0.4, -0.2) is 35.1 Å². The number of nitrogens with one attached hydrogen (secondary N) is 1. The molecule has 1 atom stereocenters. The lowest BCUT2D eigenvalue weighted by atomic mass is 10.2. The molecule has 1 aromatic carbocycles. The smallest absolute Gasteiger partial charge is 0.410 e. The number of likely N-dealkylation sites (tertiary alicyclic amines) is 1. The highest BCUT2D eigenvalue weighted by molar-refractivity contribution is 5.85. The molecule has 1 unspecified atom stereocenters. The maximum absolute atomic E-state index is 12.2. The lowest BCUT2D eigenvalue weighted by molar-refractivity contribution is -0.139. The van der Waals surface area contributed by atoms with Crippen molar-refractivity contribution in [1.82, 2.24) is 10.4 Å². The first-order valence-electron chi connectivity index (χ1n) is 7.82. The Morgan fingerprint density at radius 3 is 2.61 bits per heavy atom. The lowest BCUT2D eigenvalue weighted by Crippen LogP contribution is -2.47. The molecule has 0 saturated carbocycles. The third kappa shape index (κ3) is 5.25. The predicted molar refractivity (Wildman–Crippen MR) is 85.3 cm³/mol. The molecule has 0 aromatic heterocycles. The van der Waals surface area contributed by atoms with E-state index in [1.54, 1.807) is 20.8 Å². The lowest BCUT2D eigenvalue weighted by Gasteiger charge is -2.27. The number of nitrogens with zero attached hydrogens (tertiary/aromatic N) is 1. The molecule has 126 valence electrons. The Kier molecular flexibility index (Phi) is 5.60. The zero-order valence-corrected chi connectivity index (χ0v) is 13.9. The quantitative estimate of drug-likeness (QED) is 0.866. The zero-order chi connectivity index (χ0) is 16.9. The highest BCUT2D eigenvalue weighted by Gasteiger charge is 2.36. The minimum atomic E-state index is -0.579. The number of ether oxygens (including phenoxy) is 1. The fourth-order valence-electron chi connectivity index (χ4n) is 2.41. The third-order valence-corrected chi connectivity index (χ3v) is 3.44. The third-order valence-electron chi connectivity index (χ3n) is 3.44. The second-order valence-corrected chi connectivity index (χ2v) is 6.57. The van der Waals surface area contributed by atoms with Gasteiger partial charge in [0.2, 0.25) is 0 Å². The largest absolute Gasteiger partial charge is 0.444 e. The number of carbonyl (C=O) groups is 2. The van der Waals surface area contributed by atoms with Crippen LogP contribution >= 0.6 is 0 Å². The summed E-state index contributed by atoms with van der Waals surface area (Å²) in [6.07, 6.45) is 0.925. The van der Waals surface area contributed by atoms with Crippen molar-refractivity contribution in [3.05, 3.63) is 35.9 Å². The number of rotatable bonds is 4. The minimum absolute atomic E-state index is 0.283. The molecule has 2 amide bonds. The summed E-state index contributed by atoms with van der Waals surface area (Å²) in [5, 5.41) is 0. The van der Waals surface area contributed by atoms with E-state index in [-0.39, 0.29) is 12.5 Å². The summed E-state index contributed by atoms with van der Waals surface area (Å²) in [7, 11) is 0. The first kappa shape index (κ1) is 17.3. The fraction of sp³-hybridized carbons (Fsp3) is 0.529. The number of hydrogen-bond donors (Lipinski definition) is 1. The Bertz CT molecular complexity index is 539. The van der Waals surface area contributed by atoms with Gasteiger partial charge in [0, 0.05) is 6.54 Å². The first-order valence-corrected chi connectivity index (χ1v) is 7.82. The van der Waals surface area contributed by atoms with Gasteiger partial charge in [-0.2, -0.15) is 0 Å². The summed E-state index contributed by atoms with van der Waals surface area (Å²) in [5.74, 6) is -0.315. The van der Waals surface area contributed by atoms with Crippen molar-refractivity contribution in [2.45, 2.75) is 51.9 Å².